The number of aliphatic carboxylic acids is 1. The summed E-state index contributed by atoms with van der Waals surface area (Å²) < 4.78 is 5.04. The molecular formula is C11H14O3. The fraction of sp³-hybridized carbons (Fsp3) is 0.364. The third-order valence-electron chi connectivity index (χ3n) is 2.12. The number of hydrogen-bond donors (Lipinski definition) is 1. The van der Waals surface area contributed by atoms with Crippen molar-refractivity contribution in [3.8, 4) is 0 Å². The summed E-state index contributed by atoms with van der Waals surface area (Å²) in [6.07, 6.45) is 0. The minimum Gasteiger partial charge on any atom is -0.480 e. The SMILES string of the molecule is Cc1cccc(C)c1COCC(=O)O. The number of benzene rings is 1. The van der Waals surface area contributed by atoms with Gasteiger partial charge in [0.1, 0.15) is 6.61 Å². The molecule has 0 saturated heterocycles. The molecule has 0 unspecified atom stereocenters. The molecule has 1 aromatic carbocycles. The van der Waals surface area contributed by atoms with E-state index in [9.17, 15) is 4.79 Å². The van der Waals surface area contributed by atoms with Crippen molar-refractivity contribution in [1.29, 1.82) is 0 Å². The first-order chi connectivity index (χ1) is 6.61. The standard InChI is InChI=1S/C11H14O3/c1-8-4-3-5-9(2)10(8)6-14-7-11(12)13/h3-5H,6-7H2,1-2H3,(H,12,13). The second kappa shape index (κ2) is 4.77. The van der Waals surface area contributed by atoms with Crippen molar-refractivity contribution >= 4 is 5.97 Å². The molecular weight excluding hydrogens is 180 g/mol. The van der Waals surface area contributed by atoms with Gasteiger partial charge in [-0.1, -0.05) is 18.2 Å². The minimum atomic E-state index is -0.934. The Morgan fingerprint density at radius 2 is 1.93 bits per heavy atom. The van der Waals surface area contributed by atoms with E-state index in [1.807, 2.05) is 32.0 Å². The molecule has 0 fully saturated rings. The van der Waals surface area contributed by atoms with Gasteiger partial charge in [-0.05, 0) is 30.5 Å². The van der Waals surface area contributed by atoms with Crippen LogP contribution in [0.2, 0.25) is 0 Å². The Morgan fingerprint density at radius 1 is 1.36 bits per heavy atom. The van der Waals surface area contributed by atoms with Gasteiger partial charge in [0.05, 0.1) is 6.61 Å². The van der Waals surface area contributed by atoms with Crippen molar-refractivity contribution < 1.29 is 14.6 Å². The number of hydrogen-bond acceptors (Lipinski definition) is 2. The summed E-state index contributed by atoms with van der Waals surface area (Å²) in [6, 6.07) is 5.96. The topological polar surface area (TPSA) is 46.5 Å². The molecule has 0 spiro atoms. The van der Waals surface area contributed by atoms with E-state index in [0.29, 0.717) is 6.61 Å². The molecule has 0 aliphatic rings. The Morgan fingerprint density at radius 3 is 2.43 bits per heavy atom. The lowest BCUT2D eigenvalue weighted by Crippen LogP contribution is -2.07. The molecule has 76 valence electrons. The summed E-state index contributed by atoms with van der Waals surface area (Å²) in [7, 11) is 0. The summed E-state index contributed by atoms with van der Waals surface area (Å²) >= 11 is 0. The third kappa shape index (κ3) is 2.85. The smallest absolute Gasteiger partial charge is 0.329 e. The number of rotatable bonds is 4. The lowest BCUT2D eigenvalue weighted by Gasteiger charge is -2.08. The van der Waals surface area contributed by atoms with E-state index in [1.165, 1.54) is 0 Å². The average Bonchev–Trinajstić information content (AvgIpc) is 2.09. The van der Waals surface area contributed by atoms with Crippen LogP contribution in [0.4, 0.5) is 0 Å². The lowest BCUT2D eigenvalue weighted by atomic mass is 10.0. The Bertz CT molecular complexity index is 311. The quantitative estimate of drug-likeness (QED) is 0.796. The maximum absolute atomic E-state index is 10.2. The number of aryl methyl sites for hydroxylation is 2. The molecule has 0 bridgehead atoms. The van der Waals surface area contributed by atoms with Crippen molar-refractivity contribution in [2.45, 2.75) is 20.5 Å². The third-order valence-corrected chi connectivity index (χ3v) is 2.12. The molecule has 0 radical (unpaired) electrons. The predicted molar refractivity (Wildman–Crippen MR) is 53.2 cm³/mol. The molecule has 1 aromatic rings. The van der Waals surface area contributed by atoms with Gasteiger partial charge in [-0.2, -0.15) is 0 Å². The monoisotopic (exact) mass is 194 g/mol. The number of carboxylic acids is 1. The lowest BCUT2D eigenvalue weighted by molar-refractivity contribution is -0.142. The van der Waals surface area contributed by atoms with Gasteiger partial charge in [-0.25, -0.2) is 4.79 Å². The van der Waals surface area contributed by atoms with Crippen molar-refractivity contribution in [2.75, 3.05) is 6.61 Å². The summed E-state index contributed by atoms with van der Waals surface area (Å²) in [5, 5.41) is 8.41. The maximum atomic E-state index is 10.2. The first kappa shape index (κ1) is 10.7. The highest BCUT2D eigenvalue weighted by atomic mass is 16.5. The first-order valence-electron chi connectivity index (χ1n) is 4.46. The zero-order valence-electron chi connectivity index (χ0n) is 8.41. The van der Waals surface area contributed by atoms with Crippen LogP contribution >= 0.6 is 0 Å². The molecule has 0 aliphatic carbocycles. The van der Waals surface area contributed by atoms with Crippen LogP contribution in [0.5, 0.6) is 0 Å². The van der Waals surface area contributed by atoms with Gasteiger partial charge in [0.2, 0.25) is 0 Å². The molecule has 3 nitrogen and oxygen atoms in total. The van der Waals surface area contributed by atoms with Crippen LogP contribution in [0.15, 0.2) is 18.2 Å². The fourth-order valence-electron chi connectivity index (χ4n) is 1.32. The van der Waals surface area contributed by atoms with Crippen LogP contribution < -0.4 is 0 Å². The highest BCUT2D eigenvalue weighted by Crippen LogP contribution is 2.13. The van der Waals surface area contributed by atoms with Crippen LogP contribution in [0.3, 0.4) is 0 Å². The molecule has 1 N–H and O–H groups in total. The van der Waals surface area contributed by atoms with E-state index in [0.717, 1.165) is 16.7 Å². The van der Waals surface area contributed by atoms with Crippen molar-refractivity contribution in [3.05, 3.63) is 34.9 Å². The molecule has 0 amide bonds. The van der Waals surface area contributed by atoms with Gasteiger partial charge < -0.3 is 9.84 Å². The van der Waals surface area contributed by atoms with Crippen LogP contribution in [0.1, 0.15) is 16.7 Å². The zero-order chi connectivity index (χ0) is 10.6. The Hall–Kier alpha value is -1.35. The van der Waals surface area contributed by atoms with Gasteiger partial charge in [0, 0.05) is 0 Å². The van der Waals surface area contributed by atoms with E-state index in [2.05, 4.69) is 0 Å². The van der Waals surface area contributed by atoms with Gasteiger partial charge in [-0.15, -0.1) is 0 Å². The van der Waals surface area contributed by atoms with Crippen LogP contribution in [-0.2, 0) is 16.1 Å². The van der Waals surface area contributed by atoms with E-state index in [-0.39, 0.29) is 6.61 Å². The summed E-state index contributed by atoms with van der Waals surface area (Å²) in [4.78, 5) is 10.2. The van der Waals surface area contributed by atoms with Gasteiger partial charge in [-0.3, -0.25) is 0 Å². The van der Waals surface area contributed by atoms with Crippen molar-refractivity contribution in [3.63, 3.8) is 0 Å². The van der Waals surface area contributed by atoms with Gasteiger partial charge >= 0.3 is 5.97 Å². The number of ether oxygens (including phenoxy) is 1. The number of carboxylic acid groups (broad SMARTS) is 1. The van der Waals surface area contributed by atoms with Gasteiger partial charge in [0.15, 0.2) is 0 Å². The highest BCUT2D eigenvalue weighted by Gasteiger charge is 2.03. The van der Waals surface area contributed by atoms with E-state index < -0.39 is 5.97 Å². The molecule has 0 heterocycles. The maximum Gasteiger partial charge on any atom is 0.329 e. The summed E-state index contributed by atoms with van der Waals surface area (Å²) in [5.41, 5.74) is 3.35. The fourth-order valence-corrected chi connectivity index (χ4v) is 1.32. The first-order valence-corrected chi connectivity index (χ1v) is 4.46. The zero-order valence-corrected chi connectivity index (χ0v) is 8.41. The van der Waals surface area contributed by atoms with Crippen LogP contribution in [0, 0.1) is 13.8 Å². The summed E-state index contributed by atoms with van der Waals surface area (Å²) in [5.74, 6) is -0.934. The molecule has 0 aliphatic heterocycles. The minimum absolute atomic E-state index is 0.242. The van der Waals surface area contributed by atoms with E-state index >= 15 is 0 Å². The van der Waals surface area contributed by atoms with Crippen molar-refractivity contribution in [1.82, 2.24) is 0 Å². The average molecular weight is 194 g/mol. The molecule has 14 heavy (non-hydrogen) atoms. The molecule has 3 heteroatoms. The second-order valence-corrected chi connectivity index (χ2v) is 3.26. The molecule has 0 atom stereocenters. The Labute approximate surface area is 83.3 Å². The molecule has 0 saturated carbocycles. The van der Waals surface area contributed by atoms with Gasteiger partial charge in [0.25, 0.3) is 0 Å². The molecule has 1 rings (SSSR count). The predicted octanol–water partition coefficient (Wildman–Crippen LogP) is 1.90. The van der Waals surface area contributed by atoms with Crippen LogP contribution in [0.25, 0.3) is 0 Å². The van der Waals surface area contributed by atoms with E-state index in [4.69, 9.17) is 9.84 Å². The molecule has 0 aromatic heterocycles. The second-order valence-electron chi connectivity index (χ2n) is 3.26. The Kier molecular flexibility index (Phi) is 3.65. The summed E-state index contributed by atoms with van der Waals surface area (Å²) in [6.45, 7) is 4.11. The van der Waals surface area contributed by atoms with E-state index in [1.54, 1.807) is 0 Å². The van der Waals surface area contributed by atoms with Crippen molar-refractivity contribution in [2.24, 2.45) is 0 Å². The van der Waals surface area contributed by atoms with Crippen LogP contribution in [-0.4, -0.2) is 17.7 Å². The Balaban J connectivity index is 2.62. The largest absolute Gasteiger partial charge is 0.480 e. The normalized spacial score (nSPS) is 10.1. The number of carbonyl (C=O) groups is 1. The highest BCUT2D eigenvalue weighted by molar-refractivity contribution is 5.68.